The van der Waals surface area contributed by atoms with Crippen LogP contribution in [0.3, 0.4) is 0 Å². The smallest absolute Gasteiger partial charge is 0.240 e. The van der Waals surface area contributed by atoms with E-state index in [1.165, 1.54) is 16.8 Å². The molecule has 2 aliphatic heterocycles. The number of hydrogen-bond acceptors (Lipinski definition) is 4. The number of rotatable bonds is 3. The van der Waals surface area contributed by atoms with Crippen LogP contribution in [0, 0.1) is 23.7 Å². The molecule has 33 heavy (non-hydrogen) atoms. The molecule has 6 rings (SSSR count). The van der Waals surface area contributed by atoms with Crippen LogP contribution in [0.2, 0.25) is 5.02 Å². The van der Waals surface area contributed by atoms with E-state index < -0.39 is 0 Å². The van der Waals surface area contributed by atoms with Crippen LogP contribution in [0.4, 0.5) is 5.69 Å². The van der Waals surface area contributed by atoms with Crippen LogP contribution in [-0.2, 0) is 14.4 Å². The number of allylic oxidation sites excluding steroid dienone is 2. The van der Waals surface area contributed by atoms with Gasteiger partial charge in [0, 0.05) is 18.4 Å². The second kappa shape index (κ2) is 7.39. The van der Waals surface area contributed by atoms with Crippen molar-refractivity contribution in [2.24, 2.45) is 28.8 Å². The molecule has 3 amide bonds. The zero-order chi connectivity index (χ0) is 22.9. The van der Waals surface area contributed by atoms with Crippen molar-refractivity contribution in [2.45, 2.75) is 25.8 Å². The van der Waals surface area contributed by atoms with Crippen molar-refractivity contribution in [3.05, 3.63) is 76.8 Å². The molecule has 2 aromatic carbocycles. The predicted octanol–water partition coefficient (Wildman–Crippen LogP) is 4.35. The Labute approximate surface area is 196 Å². The lowest BCUT2D eigenvalue weighted by Crippen LogP contribution is -2.32. The van der Waals surface area contributed by atoms with E-state index in [4.69, 9.17) is 11.6 Å². The summed E-state index contributed by atoms with van der Waals surface area (Å²) in [7, 11) is 0. The number of halogens is 1. The number of hydrazone groups is 1. The Morgan fingerprint density at radius 2 is 1.67 bits per heavy atom. The van der Waals surface area contributed by atoms with Gasteiger partial charge in [-0.1, -0.05) is 48.0 Å². The van der Waals surface area contributed by atoms with Gasteiger partial charge < -0.3 is 0 Å². The molecule has 1 saturated carbocycles. The Hall–Kier alpha value is -3.25. The third kappa shape index (κ3) is 3.08. The second-order valence-corrected chi connectivity index (χ2v) is 9.68. The van der Waals surface area contributed by atoms with Crippen molar-refractivity contribution >= 4 is 40.7 Å². The Morgan fingerprint density at radius 1 is 1.00 bits per heavy atom. The molecule has 1 unspecified atom stereocenters. The van der Waals surface area contributed by atoms with Gasteiger partial charge >= 0.3 is 0 Å². The van der Waals surface area contributed by atoms with E-state index >= 15 is 0 Å². The molecule has 2 heterocycles. The first-order chi connectivity index (χ1) is 15.9. The number of carbonyl (C=O) groups is 3. The quantitative estimate of drug-likeness (QED) is 0.506. The molecule has 2 bridgehead atoms. The molecule has 2 aromatic rings. The lowest BCUT2D eigenvalue weighted by molar-refractivity contribution is -0.130. The fraction of sp³-hybridized carbons (Fsp3) is 0.308. The topological polar surface area (TPSA) is 70.1 Å². The van der Waals surface area contributed by atoms with Crippen LogP contribution < -0.4 is 4.90 Å². The zero-order valence-corrected chi connectivity index (χ0v) is 18.8. The minimum atomic E-state index is -0.222. The van der Waals surface area contributed by atoms with Gasteiger partial charge in [-0.2, -0.15) is 5.10 Å². The summed E-state index contributed by atoms with van der Waals surface area (Å²) >= 11 is 6.16. The molecule has 5 atom stereocenters. The van der Waals surface area contributed by atoms with E-state index in [2.05, 4.69) is 17.3 Å². The molecule has 166 valence electrons. The van der Waals surface area contributed by atoms with Crippen LogP contribution in [0.1, 0.15) is 36.9 Å². The van der Waals surface area contributed by atoms with Crippen molar-refractivity contribution < 1.29 is 14.4 Å². The summed E-state index contributed by atoms with van der Waals surface area (Å²) < 4.78 is 0. The fourth-order valence-electron chi connectivity index (χ4n) is 5.91. The van der Waals surface area contributed by atoms with Crippen LogP contribution in [0.25, 0.3) is 0 Å². The monoisotopic (exact) mass is 459 g/mol. The summed E-state index contributed by atoms with van der Waals surface area (Å²) in [6, 6.07) is 14.6. The highest BCUT2D eigenvalue weighted by Crippen LogP contribution is 2.53. The lowest BCUT2D eigenvalue weighted by atomic mass is 9.85. The lowest BCUT2D eigenvalue weighted by Gasteiger charge is -2.20. The van der Waals surface area contributed by atoms with Gasteiger partial charge in [0.25, 0.3) is 0 Å². The molecular formula is C26H22ClN3O3. The van der Waals surface area contributed by atoms with Crippen LogP contribution in [0.5, 0.6) is 0 Å². The zero-order valence-electron chi connectivity index (χ0n) is 18.0. The molecule has 7 heteroatoms. The van der Waals surface area contributed by atoms with E-state index in [1.807, 2.05) is 30.3 Å². The first-order valence-corrected chi connectivity index (χ1v) is 11.6. The normalized spacial score (nSPS) is 29.8. The summed E-state index contributed by atoms with van der Waals surface area (Å²) in [6.45, 7) is 1.50. The largest absolute Gasteiger partial charge is 0.274 e. The first-order valence-electron chi connectivity index (χ1n) is 11.2. The molecule has 2 aliphatic carbocycles. The molecule has 1 saturated heterocycles. The molecule has 4 aliphatic rings. The van der Waals surface area contributed by atoms with Crippen molar-refractivity contribution in [3.8, 4) is 0 Å². The fourth-order valence-corrected chi connectivity index (χ4v) is 6.11. The average molecular weight is 460 g/mol. The minimum absolute atomic E-state index is 0.0865. The van der Waals surface area contributed by atoms with Gasteiger partial charge in [0.2, 0.25) is 17.7 Å². The van der Waals surface area contributed by atoms with E-state index in [9.17, 15) is 14.4 Å². The van der Waals surface area contributed by atoms with Crippen LogP contribution in [0.15, 0.2) is 65.8 Å². The average Bonchev–Trinajstić information content (AvgIpc) is 3.57. The maximum absolute atomic E-state index is 13.1. The molecule has 0 aromatic heterocycles. The van der Waals surface area contributed by atoms with Crippen LogP contribution in [-0.4, -0.2) is 28.4 Å². The SMILES string of the molecule is CC(=O)N1N=C(c2ccc(N3C(=O)[C@@H]4[C@H](C3=O)[C@@H]3C=C[C@H]4C3)cc2)CC1c1cccc(Cl)c1. The van der Waals surface area contributed by atoms with Crippen LogP contribution >= 0.6 is 11.6 Å². The van der Waals surface area contributed by atoms with Gasteiger partial charge in [0.15, 0.2) is 0 Å². The number of anilines is 1. The predicted molar refractivity (Wildman–Crippen MR) is 125 cm³/mol. The van der Waals surface area contributed by atoms with Crippen molar-refractivity contribution in [3.63, 3.8) is 0 Å². The van der Waals surface area contributed by atoms with Crippen molar-refractivity contribution in [1.29, 1.82) is 0 Å². The number of nitrogens with zero attached hydrogens (tertiary/aromatic N) is 3. The highest BCUT2D eigenvalue weighted by Gasteiger charge is 2.59. The highest BCUT2D eigenvalue weighted by molar-refractivity contribution is 6.30. The van der Waals surface area contributed by atoms with Crippen molar-refractivity contribution in [2.75, 3.05) is 4.90 Å². The molecular weight excluding hydrogens is 438 g/mol. The van der Waals surface area contributed by atoms with Gasteiger partial charge in [0.1, 0.15) is 0 Å². The van der Waals surface area contributed by atoms with E-state index in [-0.39, 0.29) is 47.4 Å². The number of fused-ring (bicyclic) bond motifs is 5. The van der Waals surface area contributed by atoms with E-state index in [1.54, 1.807) is 18.2 Å². The van der Waals surface area contributed by atoms with Gasteiger partial charge in [-0.3, -0.25) is 19.3 Å². The number of hydrogen-bond donors (Lipinski definition) is 0. The van der Waals surface area contributed by atoms with Gasteiger partial charge in [-0.15, -0.1) is 0 Å². The number of benzene rings is 2. The maximum Gasteiger partial charge on any atom is 0.240 e. The van der Waals surface area contributed by atoms with Gasteiger partial charge in [0.05, 0.1) is 29.3 Å². The third-order valence-electron chi connectivity index (χ3n) is 7.40. The first kappa shape index (κ1) is 20.4. The van der Waals surface area contributed by atoms with E-state index in [0.29, 0.717) is 17.1 Å². The molecule has 0 radical (unpaired) electrons. The Kier molecular flexibility index (Phi) is 4.56. The summed E-state index contributed by atoms with van der Waals surface area (Å²) in [6.07, 6.45) is 5.66. The van der Waals surface area contributed by atoms with Gasteiger partial charge in [-0.25, -0.2) is 5.01 Å². The Bertz CT molecular complexity index is 1220. The summed E-state index contributed by atoms with van der Waals surface area (Å²) in [5.41, 5.74) is 3.16. The summed E-state index contributed by atoms with van der Waals surface area (Å²) in [4.78, 5) is 39.7. The molecule has 0 spiro atoms. The molecule has 6 nitrogen and oxygen atoms in total. The Balaban J connectivity index is 1.26. The van der Waals surface area contributed by atoms with E-state index in [0.717, 1.165) is 23.3 Å². The molecule has 0 N–H and O–H groups in total. The Morgan fingerprint density at radius 3 is 2.27 bits per heavy atom. The molecule has 2 fully saturated rings. The summed E-state index contributed by atoms with van der Waals surface area (Å²) in [5, 5.41) is 6.68. The minimum Gasteiger partial charge on any atom is -0.274 e. The highest BCUT2D eigenvalue weighted by atomic mass is 35.5. The number of amides is 3. The standard InChI is InChI=1S/C26H22ClN3O3/c1-14(31)30-22(16-3-2-4-19(27)12-16)13-21(28-30)15-7-9-20(10-8-15)29-25(32)23-17-5-6-18(11-17)24(23)26(29)33/h2-10,12,17-18,22-24H,11,13H2,1H3/t17-,18+,22?,23-,24+. The second-order valence-electron chi connectivity index (χ2n) is 9.24. The van der Waals surface area contributed by atoms with Gasteiger partial charge in [-0.05, 0) is 53.6 Å². The maximum atomic E-state index is 13.1. The summed E-state index contributed by atoms with van der Waals surface area (Å²) in [5.74, 6) is -0.366. The third-order valence-corrected chi connectivity index (χ3v) is 7.63. The number of imide groups is 1. The number of carbonyl (C=O) groups excluding carboxylic acids is 3. The van der Waals surface area contributed by atoms with Crippen molar-refractivity contribution in [1.82, 2.24) is 5.01 Å².